The highest BCUT2D eigenvalue weighted by Gasteiger charge is 2.41. The Morgan fingerprint density at radius 3 is 2.86 bits per heavy atom. The minimum atomic E-state index is 0.520. The first-order chi connectivity index (χ1) is 6.78. The van der Waals surface area contributed by atoms with Gasteiger partial charge in [-0.3, -0.25) is 0 Å². The average Bonchev–Trinajstić information content (AvgIpc) is 2.86. The van der Waals surface area contributed by atoms with Crippen molar-refractivity contribution >= 4 is 35.9 Å². The molecule has 0 unspecified atom stereocenters. The fourth-order valence-corrected chi connectivity index (χ4v) is 3.75. The Morgan fingerprint density at radius 1 is 1.57 bits per heavy atom. The average molecular weight is 246 g/mol. The fraction of sp³-hybridized carbons (Fsp3) is 0.778. The fourth-order valence-electron chi connectivity index (χ4n) is 1.18. The summed E-state index contributed by atoms with van der Waals surface area (Å²) in [7, 11) is 0. The molecular weight excluding hydrogens is 232 g/mol. The lowest BCUT2D eigenvalue weighted by atomic mass is 10.2. The van der Waals surface area contributed by atoms with Crippen LogP contribution in [0.5, 0.6) is 0 Å². The molecular formula is C9H14N2S3. The zero-order valence-corrected chi connectivity index (χ0v) is 10.7. The maximum atomic E-state index is 4.44. The van der Waals surface area contributed by atoms with Crippen molar-refractivity contribution in [1.29, 1.82) is 0 Å². The molecule has 0 atom stereocenters. The first kappa shape index (κ1) is 10.8. The summed E-state index contributed by atoms with van der Waals surface area (Å²) in [5.41, 5.74) is 0.520. The molecule has 14 heavy (non-hydrogen) atoms. The summed E-state index contributed by atoms with van der Waals surface area (Å²) in [6, 6.07) is 0. The molecule has 0 spiro atoms. The maximum Gasteiger partial charge on any atom is 0.170 e. The van der Waals surface area contributed by atoms with Gasteiger partial charge < -0.3 is 0 Å². The normalized spacial score (nSPS) is 18.4. The Balaban J connectivity index is 1.85. The van der Waals surface area contributed by atoms with E-state index in [0.29, 0.717) is 5.41 Å². The Bertz CT molecular complexity index is 307. The smallest absolute Gasteiger partial charge is 0.170 e. The van der Waals surface area contributed by atoms with Crippen LogP contribution < -0.4 is 0 Å². The lowest BCUT2D eigenvalue weighted by Crippen LogP contribution is -2.05. The van der Waals surface area contributed by atoms with Crippen molar-refractivity contribution in [2.75, 3.05) is 11.5 Å². The molecule has 0 bridgehead atoms. The highest BCUT2D eigenvalue weighted by atomic mass is 32.2. The zero-order chi connectivity index (χ0) is 10.0. The number of nitrogens with zero attached hydrogens (tertiary/aromatic N) is 2. The molecule has 1 heterocycles. The van der Waals surface area contributed by atoms with Crippen molar-refractivity contribution in [3.8, 4) is 0 Å². The quantitative estimate of drug-likeness (QED) is 0.639. The van der Waals surface area contributed by atoms with Crippen LogP contribution in [-0.4, -0.2) is 20.9 Å². The van der Waals surface area contributed by atoms with Crippen molar-refractivity contribution < 1.29 is 0 Å². The largest absolute Gasteiger partial charge is 0.213 e. The van der Waals surface area contributed by atoms with E-state index >= 15 is 0 Å². The van der Waals surface area contributed by atoms with Crippen LogP contribution >= 0.6 is 35.9 Å². The van der Waals surface area contributed by atoms with Crippen molar-refractivity contribution in [1.82, 2.24) is 9.36 Å². The second kappa shape index (κ2) is 4.41. The third-order valence-corrected chi connectivity index (χ3v) is 5.45. The van der Waals surface area contributed by atoms with E-state index in [9.17, 15) is 0 Å². The standard InChI is InChI=1S/C9H14N2S3/c1-2-7-10-8(14-11-7)13-6-9(5-12)3-4-9/h12H,2-6H2,1H3. The molecule has 78 valence electrons. The number of rotatable bonds is 5. The lowest BCUT2D eigenvalue weighted by molar-refractivity contribution is 0.682. The van der Waals surface area contributed by atoms with Crippen LogP contribution in [0.2, 0.25) is 0 Å². The first-order valence-electron chi connectivity index (χ1n) is 4.84. The number of aryl methyl sites for hydroxylation is 1. The number of aromatic nitrogens is 2. The van der Waals surface area contributed by atoms with E-state index in [2.05, 4.69) is 28.9 Å². The Hall–Kier alpha value is 0.260. The van der Waals surface area contributed by atoms with E-state index in [1.807, 2.05) is 11.8 Å². The molecule has 1 fully saturated rings. The second-order valence-electron chi connectivity index (χ2n) is 3.78. The summed E-state index contributed by atoms with van der Waals surface area (Å²) < 4.78 is 5.39. The van der Waals surface area contributed by atoms with Gasteiger partial charge in [-0.1, -0.05) is 18.7 Å². The Kier molecular flexibility index (Phi) is 3.39. The summed E-state index contributed by atoms with van der Waals surface area (Å²) in [5, 5.41) is 0. The van der Waals surface area contributed by atoms with E-state index < -0.39 is 0 Å². The Morgan fingerprint density at radius 2 is 2.36 bits per heavy atom. The van der Waals surface area contributed by atoms with Gasteiger partial charge in [-0.2, -0.15) is 17.0 Å². The van der Waals surface area contributed by atoms with Gasteiger partial charge in [0, 0.05) is 12.2 Å². The van der Waals surface area contributed by atoms with E-state index in [-0.39, 0.29) is 0 Å². The highest BCUT2D eigenvalue weighted by molar-refractivity contribution is 8.01. The van der Waals surface area contributed by atoms with Gasteiger partial charge in [-0.05, 0) is 35.5 Å². The molecule has 1 aromatic rings. The number of thioether (sulfide) groups is 1. The SMILES string of the molecule is CCc1nsc(SCC2(CS)CC2)n1. The third-order valence-electron chi connectivity index (χ3n) is 2.56. The van der Waals surface area contributed by atoms with Crippen LogP contribution in [0.25, 0.3) is 0 Å². The summed E-state index contributed by atoms with van der Waals surface area (Å²) >= 11 is 7.76. The van der Waals surface area contributed by atoms with Crippen LogP contribution in [0, 0.1) is 5.41 Å². The van der Waals surface area contributed by atoms with Gasteiger partial charge in [0.05, 0.1) is 0 Å². The lowest BCUT2D eigenvalue weighted by Gasteiger charge is -2.08. The highest BCUT2D eigenvalue weighted by Crippen LogP contribution is 2.49. The molecule has 2 rings (SSSR count). The van der Waals surface area contributed by atoms with Crippen molar-refractivity contribution in [3.05, 3.63) is 5.82 Å². The van der Waals surface area contributed by atoms with Crippen LogP contribution in [0.15, 0.2) is 4.34 Å². The van der Waals surface area contributed by atoms with Crippen LogP contribution in [0.3, 0.4) is 0 Å². The van der Waals surface area contributed by atoms with E-state index in [1.54, 1.807) is 0 Å². The molecule has 1 aliphatic carbocycles. The van der Waals surface area contributed by atoms with E-state index in [0.717, 1.165) is 28.1 Å². The molecule has 5 heteroatoms. The van der Waals surface area contributed by atoms with Gasteiger partial charge in [-0.15, -0.1) is 0 Å². The third kappa shape index (κ3) is 2.44. The minimum absolute atomic E-state index is 0.520. The van der Waals surface area contributed by atoms with E-state index in [1.165, 1.54) is 24.4 Å². The molecule has 0 N–H and O–H groups in total. The van der Waals surface area contributed by atoms with Crippen LogP contribution in [-0.2, 0) is 6.42 Å². The van der Waals surface area contributed by atoms with Gasteiger partial charge in [-0.25, -0.2) is 4.98 Å². The van der Waals surface area contributed by atoms with Gasteiger partial charge in [0.25, 0.3) is 0 Å². The van der Waals surface area contributed by atoms with E-state index in [4.69, 9.17) is 0 Å². The van der Waals surface area contributed by atoms with Crippen molar-refractivity contribution in [3.63, 3.8) is 0 Å². The van der Waals surface area contributed by atoms with Gasteiger partial charge >= 0.3 is 0 Å². The van der Waals surface area contributed by atoms with Crippen LogP contribution in [0.4, 0.5) is 0 Å². The maximum absolute atomic E-state index is 4.44. The second-order valence-corrected chi connectivity index (χ2v) is 6.07. The van der Waals surface area contributed by atoms with Crippen molar-refractivity contribution in [2.24, 2.45) is 5.41 Å². The summed E-state index contributed by atoms with van der Waals surface area (Å²) in [5.74, 6) is 3.15. The molecule has 1 aromatic heterocycles. The van der Waals surface area contributed by atoms with Crippen LogP contribution in [0.1, 0.15) is 25.6 Å². The summed E-state index contributed by atoms with van der Waals surface area (Å²) in [6.45, 7) is 2.09. The number of hydrogen-bond acceptors (Lipinski definition) is 5. The van der Waals surface area contributed by atoms with Gasteiger partial charge in [0.15, 0.2) is 4.34 Å². The number of hydrogen-bond donors (Lipinski definition) is 1. The molecule has 0 aromatic carbocycles. The molecule has 1 saturated carbocycles. The molecule has 0 amide bonds. The summed E-state index contributed by atoms with van der Waals surface area (Å²) in [6.07, 6.45) is 3.61. The molecule has 0 saturated heterocycles. The topological polar surface area (TPSA) is 25.8 Å². The predicted molar refractivity (Wildman–Crippen MR) is 65.5 cm³/mol. The molecule has 0 radical (unpaired) electrons. The minimum Gasteiger partial charge on any atom is -0.213 e. The molecule has 1 aliphatic rings. The molecule has 0 aliphatic heterocycles. The zero-order valence-electron chi connectivity index (χ0n) is 8.19. The molecule has 2 nitrogen and oxygen atoms in total. The monoisotopic (exact) mass is 246 g/mol. The predicted octanol–water partition coefficient (Wildman–Crippen LogP) is 2.90. The number of thiol groups is 1. The van der Waals surface area contributed by atoms with Gasteiger partial charge in [0.1, 0.15) is 5.82 Å². The Labute approximate surface area is 98.5 Å². The summed E-state index contributed by atoms with van der Waals surface area (Å²) in [4.78, 5) is 4.44. The van der Waals surface area contributed by atoms with Gasteiger partial charge in [0.2, 0.25) is 0 Å². The first-order valence-corrected chi connectivity index (χ1v) is 7.23. The van der Waals surface area contributed by atoms with Crippen molar-refractivity contribution in [2.45, 2.75) is 30.5 Å².